The van der Waals surface area contributed by atoms with E-state index in [1.165, 1.54) is 21.9 Å². The summed E-state index contributed by atoms with van der Waals surface area (Å²) in [4.78, 5) is 8.31. The Balaban J connectivity index is 0.00000231. The van der Waals surface area contributed by atoms with E-state index in [0.29, 0.717) is 12.5 Å². The average Bonchev–Trinajstić information content (AvgIpc) is 2.83. The summed E-state index contributed by atoms with van der Waals surface area (Å²) < 4.78 is 6.44. The summed E-state index contributed by atoms with van der Waals surface area (Å²) in [5, 5.41) is 6.02. The number of rotatable bonds is 5. The van der Waals surface area contributed by atoms with Gasteiger partial charge in [-0.1, -0.05) is 60.7 Å². The molecular formula is C26H26ClN3O. The van der Waals surface area contributed by atoms with Crippen LogP contribution in [-0.4, -0.2) is 29.2 Å². The van der Waals surface area contributed by atoms with Crippen molar-refractivity contribution in [2.75, 3.05) is 13.1 Å². The Labute approximate surface area is 189 Å². The monoisotopic (exact) mass is 431 g/mol. The third kappa shape index (κ3) is 4.93. The molecule has 3 aromatic carbocycles. The van der Waals surface area contributed by atoms with Gasteiger partial charge >= 0.3 is 0 Å². The van der Waals surface area contributed by atoms with Gasteiger partial charge in [0.2, 0.25) is 0 Å². The molecule has 0 saturated carbocycles. The van der Waals surface area contributed by atoms with E-state index in [2.05, 4.69) is 82.0 Å². The molecule has 0 amide bonds. The lowest BCUT2D eigenvalue weighted by atomic mass is 9.86. The molecule has 2 atom stereocenters. The molecule has 2 heterocycles. The molecule has 4 aromatic rings. The van der Waals surface area contributed by atoms with Crippen LogP contribution in [0.1, 0.15) is 23.5 Å². The maximum Gasteiger partial charge on any atom is 0.115 e. The Morgan fingerprint density at radius 2 is 1.71 bits per heavy atom. The molecule has 31 heavy (non-hydrogen) atoms. The number of benzene rings is 3. The second kappa shape index (κ2) is 10.0. The van der Waals surface area contributed by atoms with Gasteiger partial charge in [-0.25, -0.2) is 9.97 Å². The first kappa shape index (κ1) is 21.4. The second-order valence-electron chi connectivity index (χ2n) is 7.88. The maximum absolute atomic E-state index is 6.44. The van der Waals surface area contributed by atoms with Crippen molar-refractivity contribution in [1.82, 2.24) is 15.3 Å². The van der Waals surface area contributed by atoms with Gasteiger partial charge in [-0.2, -0.15) is 0 Å². The summed E-state index contributed by atoms with van der Waals surface area (Å²) in [6.07, 6.45) is 6.51. The van der Waals surface area contributed by atoms with Gasteiger partial charge in [0, 0.05) is 30.4 Å². The molecule has 0 unspecified atom stereocenters. The molecule has 1 aliphatic rings. The van der Waals surface area contributed by atoms with Crippen molar-refractivity contribution in [3.05, 3.63) is 96.6 Å². The van der Waals surface area contributed by atoms with Gasteiger partial charge in [-0.15, -0.1) is 12.4 Å². The van der Waals surface area contributed by atoms with Gasteiger partial charge < -0.3 is 10.1 Å². The van der Waals surface area contributed by atoms with E-state index >= 15 is 0 Å². The van der Waals surface area contributed by atoms with Crippen LogP contribution in [0, 0.1) is 0 Å². The lowest BCUT2D eigenvalue weighted by molar-refractivity contribution is 0.0107. The van der Waals surface area contributed by atoms with Crippen LogP contribution < -0.4 is 5.32 Å². The second-order valence-corrected chi connectivity index (χ2v) is 7.88. The van der Waals surface area contributed by atoms with Crippen LogP contribution in [0.4, 0.5) is 0 Å². The molecule has 1 fully saturated rings. The zero-order chi connectivity index (χ0) is 20.2. The van der Waals surface area contributed by atoms with Crippen LogP contribution in [0.5, 0.6) is 0 Å². The molecule has 4 nitrogen and oxygen atoms in total. The Bertz CT molecular complexity index is 1140. The van der Waals surface area contributed by atoms with Crippen LogP contribution >= 0.6 is 12.4 Å². The average molecular weight is 432 g/mol. The number of fused-ring (bicyclic) bond motifs is 1. The summed E-state index contributed by atoms with van der Waals surface area (Å²) >= 11 is 0. The first-order chi connectivity index (χ1) is 14.9. The predicted molar refractivity (Wildman–Crippen MR) is 127 cm³/mol. The number of piperidine rings is 1. The Morgan fingerprint density at radius 3 is 2.58 bits per heavy atom. The predicted octanol–water partition coefficient (Wildman–Crippen LogP) is 5.38. The van der Waals surface area contributed by atoms with Gasteiger partial charge in [0.1, 0.15) is 6.33 Å². The van der Waals surface area contributed by atoms with Crippen molar-refractivity contribution in [2.24, 2.45) is 0 Å². The van der Waals surface area contributed by atoms with Crippen molar-refractivity contribution in [1.29, 1.82) is 0 Å². The van der Waals surface area contributed by atoms with Crippen molar-refractivity contribution in [3.8, 4) is 11.1 Å². The summed E-state index contributed by atoms with van der Waals surface area (Å²) in [6.45, 7) is 2.51. The summed E-state index contributed by atoms with van der Waals surface area (Å²) in [6, 6.07) is 23.8. The zero-order valence-electron chi connectivity index (χ0n) is 17.3. The van der Waals surface area contributed by atoms with Gasteiger partial charge in [-0.3, -0.25) is 0 Å². The smallest absolute Gasteiger partial charge is 0.115 e. The highest BCUT2D eigenvalue weighted by molar-refractivity contribution is 5.85. The fourth-order valence-corrected chi connectivity index (χ4v) is 4.32. The van der Waals surface area contributed by atoms with Gasteiger partial charge in [-0.05, 0) is 46.5 Å². The maximum atomic E-state index is 6.44. The lowest BCUT2D eigenvalue weighted by Gasteiger charge is -2.33. The first-order valence-electron chi connectivity index (χ1n) is 10.5. The van der Waals surface area contributed by atoms with Crippen molar-refractivity contribution in [2.45, 2.75) is 25.0 Å². The number of nitrogens with one attached hydrogen (secondary N) is 1. The quantitative estimate of drug-likeness (QED) is 0.460. The topological polar surface area (TPSA) is 47.0 Å². The molecular weight excluding hydrogens is 406 g/mol. The molecule has 0 aliphatic carbocycles. The third-order valence-corrected chi connectivity index (χ3v) is 5.91. The molecule has 5 rings (SSSR count). The van der Waals surface area contributed by atoms with Crippen molar-refractivity contribution in [3.63, 3.8) is 0 Å². The fraction of sp³-hybridized carbons (Fsp3) is 0.231. The molecule has 0 radical (unpaired) electrons. The van der Waals surface area contributed by atoms with E-state index in [1.807, 2.05) is 12.4 Å². The number of hydrogen-bond acceptors (Lipinski definition) is 4. The molecule has 5 heteroatoms. The van der Waals surface area contributed by atoms with E-state index in [0.717, 1.165) is 30.6 Å². The Hall–Kier alpha value is -2.79. The molecule has 1 aromatic heterocycles. The molecule has 158 valence electrons. The number of nitrogens with zero attached hydrogens (tertiary/aromatic N) is 2. The van der Waals surface area contributed by atoms with Crippen molar-refractivity contribution >= 4 is 23.2 Å². The van der Waals surface area contributed by atoms with Crippen LogP contribution in [0.25, 0.3) is 21.9 Å². The summed E-state index contributed by atoms with van der Waals surface area (Å²) in [5.74, 6) is 0.372. The minimum absolute atomic E-state index is 0. The standard InChI is InChI=1S/C26H25N3O.ClH/c1-2-5-21-12-19(8-9-20(21)4-1)17-30-26-16-27-11-10-25(26)23-7-3-6-22(13-23)24-14-28-18-29-15-24;/h1-9,12-15,18,25-27H,10-11,16-17H2;1H/t25-,26+;/m1./s1. The first-order valence-corrected chi connectivity index (χ1v) is 10.5. The summed E-state index contributed by atoms with van der Waals surface area (Å²) in [7, 11) is 0. The lowest BCUT2D eigenvalue weighted by Crippen LogP contribution is -2.41. The number of halogens is 1. The Kier molecular flexibility index (Phi) is 6.92. The summed E-state index contributed by atoms with van der Waals surface area (Å²) in [5.41, 5.74) is 4.73. The van der Waals surface area contributed by atoms with Gasteiger partial charge in [0.05, 0.1) is 12.7 Å². The van der Waals surface area contributed by atoms with Crippen LogP contribution in [-0.2, 0) is 11.3 Å². The molecule has 1 saturated heterocycles. The number of aromatic nitrogens is 2. The van der Waals surface area contributed by atoms with E-state index in [-0.39, 0.29) is 18.5 Å². The minimum Gasteiger partial charge on any atom is -0.372 e. The minimum atomic E-state index is 0. The third-order valence-electron chi connectivity index (χ3n) is 5.91. The highest BCUT2D eigenvalue weighted by atomic mass is 35.5. The molecule has 0 bridgehead atoms. The van der Waals surface area contributed by atoms with Crippen LogP contribution in [0.15, 0.2) is 85.5 Å². The number of hydrogen-bond donors (Lipinski definition) is 1. The van der Waals surface area contributed by atoms with Gasteiger partial charge in [0.15, 0.2) is 0 Å². The van der Waals surface area contributed by atoms with Crippen molar-refractivity contribution < 1.29 is 4.74 Å². The van der Waals surface area contributed by atoms with E-state index < -0.39 is 0 Å². The van der Waals surface area contributed by atoms with E-state index in [4.69, 9.17) is 4.74 Å². The molecule has 1 N–H and O–H groups in total. The highest BCUT2D eigenvalue weighted by Gasteiger charge is 2.27. The van der Waals surface area contributed by atoms with Gasteiger partial charge in [0.25, 0.3) is 0 Å². The Morgan fingerprint density at radius 1 is 0.871 bits per heavy atom. The van der Waals surface area contributed by atoms with Crippen LogP contribution in [0.3, 0.4) is 0 Å². The largest absolute Gasteiger partial charge is 0.372 e. The fourth-order valence-electron chi connectivity index (χ4n) is 4.32. The van der Waals surface area contributed by atoms with E-state index in [9.17, 15) is 0 Å². The number of ether oxygens (including phenoxy) is 1. The molecule has 1 aliphatic heterocycles. The van der Waals surface area contributed by atoms with Crippen LogP contribution in [0.2, 0.25) is 0 Å². The normalized spacial score (nSPS) is 18.5. The zero-order valence-corrected chi connectivity index (χ0v) is 18.1. The van der Waals surface area contributed by atoms with E-state index in [1.54, 1.807) is 6.33 Å². The SMILES string of the molecule is Cl.c1cc(-c2cncnc2)cc([C@H]2CCNC[C@@H]2OCc2ccc3ccccc3c2)c1. The highest BCUT2D eigenvalue weighted by Crippen LogP contribution is 2.31. The molecule has 0 spiro atoms.